The number of likely N-dealkylation sites (N-methyl/N-ethyl adjacent to an activating group) is 1. The lowest BCUT2D eigenvalue weighted by Crippen LogP contribution is -2.45. The Hall–Kier alpha value is -1.26. The van der Waals surface area contributed by atoms with Crippen molar-refractivity contribution < 1.29 is 10.0 Å². The van der Waals surface area contributed by atoms with Crippen LogP contribution in [-0.2, 0) is 4.79 Å². The minimum absolute atomic E-state index is 0.00316. The van der Waals surface area contributed by atoms with E-state index >= 15 is 0 Å². The number of carbonyl (C=O) groups is 1. The van der Waals surface area contributed by atoms with E-state index in [4.69, 9.17) is 10.9 Å². The van der Waals surface area contributed by atoms with Crippen LogP contribution in [0.1, 0.15) is 34.6 Å². The maximum absolute atomic E-state index is 12.3. The second-order valence-electron chi connectivity index (χ2n) is 6.03. The summed E-state index contributed by atoms with van der Waals surface area (Å²) in [6.45, 7) is 10.1. The molecule has 0 bridgehead atoms. The molecule has 1 atom stereocenters. The summed E-state index contributed by atoms with van der Waals surface area (Å²) in [6, 6.07) is -0.389. The van der Waals surface area contributed by atoms with Crippen molar-refractivity contribution in [3.8, 4) is 0 Å². The van der Waals surface area contributed by atoms with Gasteiger partial charge in [0, 0.05) is 13.0 Å². The molecular weight excluding hydrogens is 218 g/mol. The molecule has 1 unspecified atom stereocenters. The maximum Gasteiger partial charge on any atom is 0.227 e. The molecular formula is C12H23N3O2. The van der Waals surface area contributed by atoms with Gasteiger partial charge in [-0.2, -0.15) is 0 Å². The zero-order chi connectivity index (χ0) is 13.6. The van der Waals surface area contributed by atoms with E-state index in [-0.39, 0.29) is 34.5 Å². The predicted octanol–water partition coefficient (Wildman–Crippen LogP) is 1.26. The third kappa shape index (κ3) is 1.87. The molecule has 0 aliphatic heterocycles. The number of hydrogen-bond acceptors (Lipinski definition) is 3. The molecule has 0 aromatic heterocycles. The molecule has 1 saturated carbocycles. The smallest absolute Gasteiger partial charge is 0.227 e. The molecule has 1 aliphatic rings. The van der Waals surface area contributed by atoms with Crippen molar-refractivity contribution in [2.75, 3.05) is 7.05 Å². The second-order valence-corrected chi connectivity index (χ2v) is 6.03. The van der Waals surface area contributed by atoms with Crippen LogP contribution in [0.15, 0.2) is 5.16 Å². The van der Waals surface area contributed by atoms with E-state index in [0.29, 0.717) is 0 Å². The third-order valence-corrected chi connectivity index (χ3v) is 4.74. The van der Waals surface area contributed by atoms with E-state index in [9.17, 15) is 4.79 Å². The van der Waals surface area contributed by atoms with Crippen molar-refractivity contribution in [2.24, 2.45) is 27.6 Å². The highest BCUT2D eigenvalue weighted by molar-refractivity contribution is 5.91. The van der Waals surface area contributed by atoms with Crippen molar-refractivity contribution in [3.63, 3.8) is 0 Å². The number of nitrogens with zero attached hydrogens (tertiary/aromatic N) is 2. The number of carbonyl (C=O) groups excluding carboxylic acids is 1. The van der Waals surface area contributed by atoms with Gasteiger partial charge in [0.2, 0.25) is 5.91 Å². The first-order chi connectivity index (χ1) is 7.59. The fourth-order valence-electron chi connectivity index (χ4n) is 2.49. The number of hydrogen-bond donors (Lipinski definition) is 2. The summed E-state index contributed by atoms with van der Waals surface area (Å²) in [5.74, 6) is 0.102. The first kappa shape index (κ1) is 13.8. The molecule has 0 aromatic rings. The molecule has 0 aromatic carbocycles. The van der Waals surface area contributed by atoms with Crippen LogP contribution in [0.3, 0.4) is 0 Å². The van der Waals surface area contributed by atoms with Gasteiger partial charge in [-0.3, -0.25) is 4.79 Å². The zero-order valence-electron chi connectivity index (χ0n) is 11.5. The van der Waals surface area contributed by atoms with Gasteiger partial charge in [-0.15, -0.1) is 0 Å². The van der Waals surface area contributed by atoms with Crippen LogP contribution in [0.2, 0.25) is 0 Å². The largest absolute Gasteiger partial charge is 0.409 e. The minimum Gasteiger partial charge on any atom is -0.409 e. The molecule has 1 fully saturated rings. The van der Waals surface area contributed by atoms with Crippen molar-refractivity contribution in [3.05, 3.63) is 0 Å². The van der Waals surface area contributed by atoms with Crippen LogP contribution in [0.25, 0.3) is 0 Å². The standard InChI is InChI=1S/C12H23N3O2/c1-7(9(13)14-17)15(6)10(16)8-11(2,3)12(8,4)5/h7-8,17H,1-6H3,(H2,13,14). The van der Waals surface area contributed by atoms with Crippen LogP contribution in [0.4, 0.5) is 0 Å². The average Bonchev–Trinajstić information content (AvgIpc) is 2.65. The Bertz CT molecular complexity index is 347. The summed E-state index contributed by atoms with van der Waals surface area (Å²) in [4.78, 5) is 13.9. The molecule has 0 heterocycles. The highest BCUT2D eigenvalue weighted by Gasteiger charge is 2.68. The molecule has 1 aliphatic carbocycles. The van der Waals surface area contributed by atoms with E-state index in [1.54, 1.807) is 18.9 Å². The van der Waals surface area contributed by atoms with Gasteiger partial charge in [0.25, 0.3) is 0 Å². The number of oxime groups is 1. The Morgan fingerprint density at radius 3 is 2.06 bits per heavy atom. The molecule has 0 radical (unpaired) electrons. The summed E-state index contributed by atoms with van der Waals surface area (Å²) in [5.41, 5.74) is 5.52. The van der Waals surface area contributed by atoms with Crippen LogP contribution in [0, 0.1) is 16.7 Å². The molecule has 0 spiro atoms. The summed E-state index contributed by atoms with van der Waals surface area (Å²) in [7, 11) is 1.69. The van der Waals surface area contributed by atoms with Crippen molar-refractivity contribution in [2.45, 2.75) is 40.7 Å². The molecule has 98 valence electrons. The highest BCUT2D eigenvalue weighted by atomic mass is 16.4. The maximum atomic E-state index is 12.3. The van der Waals surface area contributed by atoms with Crippen molar-refractivity contribution in [1.82, 2.24) is 4.90 Å². The Labute approximate surface area is 103 Å². The highest BCUT2D eigenvalue weighted by Crippen LogP contribution is 2.68. The van der Waals surface area contributed by atoms with Gasteiger partial charge in [-0.05, 0) is 17.8 Å². The number of amides is 1. The topological polar surface area (TPSA) is 78.9 Å². The lowest BCUT2D eigenvalue weighted by atomic mass is 10.0. The predicted molar refractivity (Wildman–Crippen MR) is 66.7 cm³/mol. The Kier molecular flexibility index (Phi) is 3.16. The van der Waals surface area contributed by atoms with Crippen molar-refractivity contribution >= 4 is 11.7 Å². The van der Waals surface area contributed by atoms with Crippen LogP contribution in [0.5, 0.6) is 0 Å². The van der Waals surface area contributed by atoms with Gasteiger partial charge in [-0.1, -0.05) is 32.9 Å². The fraction of sp³-hybridized carbons (Fsp3) is 0.833. The van der Waals surface area contributed by atoms with E-state index < -0.39 is 0 Å². The SMILES string of the molecule is CC(C(N)=NO)N(C)C(=O)C1C(C)(C)C1(C)C. The molecule has 1 amide bonds. The Morgan fingerprint density at radius 1 is 1.35 bits per heavy atom. The number of nitrogens with two attached hydrogens (primary N) is 1. The van der Waals surface area contributed by atoms with Gasteiger partial charge in [0.1, 0.15) is 0 Å². The van der Waals surface area contributed by atoms with Gasteiger partial charge in [-0.25, -0.2) is 0 Å². The van der Waals surface area contributed by atoms with Crippen LogP contribution >= 0.6 is 0 Å². The lowest BCUT2D eigenvalue weighted by Gasteiger charge is -2.24. The van der Waals surface area contributed by atoms with Gasteiger partial charge >= 0.3 is 0 Å². The van der Waals surface area contributed by atoms with Gasteiger partial charge in [0.05, 0.1) is 6.04 Å². The van der Waals surface area contributed by atoms with Gasteiger partial charge < -0.3 is 15.8 Å². The summed E-state index contributed by atoms with van der Waals surface area (Å²) >= 11 is 0. The van der Waals surface area contributed by atoms with Gasteiger partial charge in [0.15, 0.2) is 5.84 Å². The second kappa shape index (κ2) is 3.89. The summed E-state index contributed by atoms with van der Waals surface area (Å²) < 4.78 is 0. The molecule has 5 heteroatoms. The molecule has 3 N–H and O–H groups in total. The number of rotatable bonds is 3. The summed E-state index contributed by atoms with van der Waals surface area (Å²) in [5, 5.41) is 11.6. The number of amidine groups is 1. The van der Waals surface area contributed by atoms with Crippen LogP contribution in [-0.4, -0.2) is 34.9 Å². The monoisotopic (exact) mass is 241 g/mol. The zero-order valence-corrected chi connectivity index (χ0v) is 11.5. The van der Waals surface area contributed by atoms with E-state index in [1.807, 2.05) is 0 Å². The molecule has 1 rings (SSSR count). The molecule has 0 saturated heterocycles. The minimum atomic E-state index is -0.389. The first-order valence-electron chi connectivity index (χ1n) is 5.83. The average molecular weight is 241 g/mol. The normalized spacial score (nSPS) is 24.2. The first-order valence-corrected chi connectivity index (χ1v) is 5.83. The van der Waals surface area contributed by atoms with E-state index in [1.165, 1.54) is 0 Å². The third-order valence-electron chi connectivity index (χ3n) is 4.74. The quantitative estimate of drug-likeness (QED) is 0.338. The fourth-order valence-corrected chi connectivity index (χ4v) is 2.49. The lowest BCUT2D eigenvalue weighted by molar-refractivity contribution is -0.133. The molecule has 17 heavy (non-hydrogen) atoms. The molecule has 5 nitrogen and oxygen atoms in total. The Balaban J connectivity index is 2.81. The van der Waals surface area contributed by atoms with E-state index in [2.05, 4.69) is 32.9 Å². The van der Waals surface area contributed by atoms with Crippen molar-refractivity contribution in [1.29, 1.82) is 0 Å². The summed E-state index contributed by atoms with van der Waals surface area (Å²) in [6.07, 6.45) is 0. The van der Waals surface area contributed by atoms with E-state index in [0.717, 1.165) is 0 Å². The van der Waals surface area contributed by atoms with Crippen LogP contribution < -0.4 is 5.73 Å². The Morgan fingerprint density at radius 2 is 1.76 bits per heavy atom.